The molecule has 4 rings (SSSR count). The maximum atomic E-state index is 13.1. The van der Waals surface area contributed by atoms with Gasteiger partial charge in [-0.1, -0.05) is 54.1 Å². The van der Waals surface area contributed by atoms with Crippen LogP contribution in [0.2, 0.25) is 5.02 Å². The second-order valence-electron chi connectivity index (χ2n) is 7.11. The normalized spacial score (nSPS) is 11.8. The fourth-order valence-corrected chi connectivity index (χ4v) is 4.15. The molecule has 4 aromatic rings. The first-order chi connectivity index (χ1) is 15.1. The number of halogens is 1. The van der Waals surface area contributed by atoms with Crippen molar-refractivity contribution in [2.45, 2.75) is 5.92 Å². The number of fused-ring (bicyclic) bond motifs is 1. The zero-order chi connectivity index (χ0) is 21.8. The highest BCUT2D eigenvalue weighted by molar-refractivity contribution is 6.31. The molecule has 0 aliphatic rings. The lowest BCUT2D eigenvalue weighted by molar-refractivity contribution is 0.0948. The Bertz CT molecular complexity index is 1220. The molecular formula is C25H23ClN2O3. The van der Waals surface area contributed by atoms with Crippen molar-refractivity contribution in [1.29, 1.82) is 0 Å². The van der Waals surface area contributed by atoms with Gasteiger partial charge in [-0.2, -0.15) is 0 Å². The van der Waals surface area contributed by atoms with E-state index in [2.05, 4.69) is 16.4 Å². The molecule has 6 heteroatoms. The van der Waals surface area contributed by atoms with Crippen molar-refractivity contribution >= 4 is 28.4 Å². The number of aromatic amines is 1. The number of ether oxygens (including phenoxy) is 2. The number of rotatable bonds is 7. The van der Waals surface area contributed by atoms with E-state index in [-0.39, 0.29) is 11.8 Å². The zero-order valence-electron chi connectivity index (χ0n) is 17.3. The molecule has 2 N–H and O–H groups in total. The van der Waals surface area contributed by atoms with Crippen LogP contribution < -0.4 is 14.8 Å². The van der Waals surface area contributed by atoms with Crippen LogP contribution in [0.25, 0.3) is 10.9 Å². The number of H-pyrrole nitrogens is 1. The maximum absolute atomic E-state index is 13.1. The van der Waals surface area contributed by atoms with Crippen molar-refractivity contribution in [3.05, 3.63) is 94.6 Å². The Kier molecular flexibility index (Phi) is 6.14. The molecule has 1 amide bonds. The molecule has 0 radical (unpaired) electrons. The lowest BCUT2D eigenvalue weighted by Gasteiger charge is -2.20. The van der Waals surface area contributed by atoms with Crippen LogP contribution in [0.4, 0.5) is 0 Å². The average Bonchev–Trinajstić information content (AvgIpc) is 3.23. The highest BCUT2D eigenvalue weighted by Gasteiger charge is 2.23. The van der Waals surface area contributed by atoms with Gasteiger partial charge in [-0.3, -0.25) is 4.79 Å². The van der Waals surface area contributed by atoms with Crippen LogP contribution in [0, 0.1) is 0 Å². The second-order valence-corrected chi connectivity index (χ2v) is 7.52. The molecule has 5 nitrogen and oxygen atoms in total. The van der Waals surface area contributed by atoms with Crippen molar-refractivity contribution < 1.29 is 14.3 Å². The molecule has 0 saturated carbocycles. The molecule has 0 saturated heterocycles. The Balaban J connectivity index is 1.68. The molecule has 0 aliphatic carbocycles. The zero-order valence-corrected chi connectivity index (χ0v) is 18.1. The van der Waals surface area contributed by atoms with E-state index in [9.17, 15) is 4.79 Å². The molecule has 158 valence electrons. The van der Waals surface area contributed by atoms with Gasteiger partial charge in [0.15, 0.2) is 11.5 Å². The van der Waals surface area contributed by atoms with Crippen molar-refractivity contribution in [3.8, 4) is 11.5 Å². The molecule has 0 unspecified atom stereocenters. The van der Waals surface area contributed by atoms with Gasteiger partial charge in [0.2, 0.25) is 0 Å². The third-order valence-corrected chi connectivity index (χ3v) is 5.74. The number of carbonyl (C=O) groups is 1. The Morgan fingerprint density at radius 1 is 0.968 bits per heavy atom. The monoisotopic (exact) mass is 434 g/mol. The van der Waals surface area contributed by atoms with Crippen molar-refractivity contribution in [2.75, 3.05) is 20.8 Å². The minimum atomic E-state index is -0.243. The first-order valence-electron chi connectivity index (χ1n) is 9.93. The van der Waals surface area contributed by atoms with Crippen LogP contribution in [-0.4, -0.2) is 31.7 Å². The number of benzene rings is 3. The van der Waals surface area contributed by atoms with Gasteiger partial charge >= 0.3 is 0 Å². The van der Waals surface area contributed by atoms with E-state index in [0.29, 0.717) is 28.6 Å². The van der Waals surface area contributed by atoms with E-state index < -0.39 is 0 Å². The Morgan fingerprint density at radius 3 is 2.52 bits per heavy atom. The summed E-state index contributed by atoms with van der Waals surface area (Å²) in [5.74, 6) is 0.538. The van der Waals surface area contributed by atoms with Crippen LogP contribution in [0.5, 0.6) is 11.5 Å². The Labute approximate surface area is 186 Å². The van der Waals surface area contributed by atoms with E-state index in [1.807, 2.05) is 48.7 Å². The number of amides is 1. The van der Waals surface area contributed by atoms with E-state index in [4.69, 9.17) is 21.1 Å². The van der Waals surface area contributed by atoms with Gasteiger partial charge < -0.3 is 19.8 Å². The number of methoxy groups -OCH3 is 2. The number of hydrogen-bond acceptors (Lipinski definition) is 3. The topological polar surface area (TPSA) is 63.3 Å². The first-order valence-corrected chi connectivity index (χ1v) is 10.3. The predicted octanol–water partition coefficient (Wildman–Crippen LogP) is 5.40. The van der Waals surface area contributed by atoms with Gasteiger partial charge in [-0.15, -0.1) is 0 Å². The first kappa shape index (κ1) is 20.8. The van der Waals surface area contributed by atoms with Crippen LogP contribution in [0.15, 0.2) is 72.9 Å². The van der Waals surface area contributed by atoms with E-state index >= 15 is 0 Å². The summed E-state index contributed by atoms with van der Waals surface area (Å²) in [6.07, 6.45) is 1.98. The van der Waals surface area contributed by atoms with Gasteiger partial charge in [0.25, 0.3) is 5.91 Å². The molecule has 1 atom stereocenters. The largest absolute Gasteiger partial charge is 0.493 e. The highest BCUT2D eigenvalue weighted by Crippen LogP contribution is 2.35. The molecule has 0 fully saturated rings. The summed E-state index contributed by atoms with van der Waals surface area (Å²) in [6.45, 7) is 0.366. The number of para-hydroxylation sites is 2. The van der Waals surface area contributed by atoms with Gasteiger partial charge in [0.1, 0.15) is 0 Å². The lowest BCUT2D eigenvalue weighted by Crippen LogP contribution is -2.29. The molecule has 0 aliphatic heterocycles. The number of aromatic nitrogens is 1. The lowest BCUT2D eigenvalue weighted by atomic mass is 9.90. The van der Waals surface area contributed by atoms with E-state index in [0.717, 1.165) is 22.0 Å². The van der Waals surface area contributed by atoms with Crippen molar-refractivity contribution in [1.82, 2.24) is 10.3 Å². The van der Waals surface area contributed by atoms with Crippen molar-refractivity contribution in [3.63, 3.8) is 0 Å². The van der Waals surface area contributed by atoms with E-state index in [1.54, 1.807) is 25.3 Å². The van der Waals surface area contributed by atoms with Gasteiger partial charge in [0, 0.05) is 34.6 Å². The smallest absolute Gasteiger partial charge is 0.255 e. The van der Waals surface area contributed by atoms with Gasteiger partial charge in [-0.05, 0) is 35.4 Å². The van der Waals surface area contributed by atoms with E-state index in [1.165, 1.54) is 7.11 Å². The fraction of sp³-hybridized carbons (Fsp3) is 0.160. The fourth-order valence-electron chi connectivity index (χ4n) is 3.88. The van der Waals surface area contributed by atoms with Gasteiger partial charge in [-0.25, -0.2) is 0 Å². The summed E-state index contributed by atoms with van der Waals surface area (Å²) in [5, 5.41) is 4.81. The number of nitrogens with one attached hydrogen (secondary N) is 2. The minimum Gasteiger partial charge on any atom is -0.493 e. The maximum Gasteiger partial charge on any atom is 0.255 e. The molecule has 0 spiro atoms. The third kappa shape index (κ3) is 4.09. The van der Waals surface area contributed by atoms with Crippen LogP contribution in [0.3, 0.4) is 0 Å². The quantitative estimate of drug-likeness (QED) is 0.409. The standard InChI is InChI=1S/C25H23ClN2O3/c1-30-23-13-7-10-18(24(23)31-2)25(29)28-15-19(16-8-3-5-11-21(16)26)20-14-27-22-12-6-4-9-17(20)22/h3-14,19,27H,15H2,1-2H3,(H,28,29)/t19-/m0/s1. The Morgan fingerprint density at radius 2 is 1.74 bits per heavy atom. The summed E-state index contributed by atoms with van der Waals surface area (Å²) < 4.78 is 10.7. The third-order valence-electron chi connectivity index (χ3n) is 5.39. The summed E-state index contributed by atoms with van der Waals surface area (Å²) >= 11 is 6.55. The van der Waals surface area contributed by atoms with Crippen molar-refractivity contribution in [2.24, 2.45) is 0 Å². The predicted molar refractivity (Wildman–Crippen MR) is 123 cm³/mol. The molecule has 1 aromatic heterocycles. The minimum absolute atomic E-state index is 0.134. The number of hydrogen-bond donors (Lipinski definition) is 2. The molecule has 3 aromatic carbocycles. The van der Waals surface area contributed by atoms with Crippen LogP contribution in [-0.2, 0) is 0 Å². The summed E-state index contributed by atoms with van der Waals surface area (Å²) in [6, 6.07) is 21.0. The highest BCUT2D eigenvalue weighted by atomic mass is 35.5. The molecule has 31 heavy (non-hydrogen) atoms. The summed E-state index contributed by atoms with van der Waals surface area (Å²) in [4.78, 5) is 16.4. The van der Waals surface area contributed by atoms with Crippen LogP contribution in [0.1, 0.15) is 27.4 Å². The molecule has 1 heterocycles. The molecular weight excluding hydrogens is 412 g/mol. The van der Waals surface area contributed by atoms with Crippen LogP contribution >= 0.6 is 11.6 Å². The second kappa shape index (κ2) is 9.14. The Hall–Kier alpha value is -3.44. The number of carbonyl (C=O) groups excluding carboxylic acids is 1. The summed E-state index contributed by atoms with van der Waals surface area (Å²) in [5.41, 5.74) is 3.47. The van der Waals surface area contributed by atoms with Gasteiger partial charge in [0.05, 0.1) is 19.8 Å². The average molecular weight is 435 g/mol. The SMILES string of the molecule is COc1cccc(C(=O)NC[C@@H](c2ccccc2Cl)c2c[nH]c3ccccc23)c1OC. The molecule has 0 bridgehead atoms. The summed E-state index contributed by atoms with van der Waals surface area (Å²) in [7, 11) is 3.07.